The molecular weight excluding hydrogens is 174 g/mol. The highest BCUT2D eigenvalue weighted by molar-refractivity contribution is 5.77. The number of carbonyl (C=O) groups is 1. The van der Waals surface area contributed by atoms with Gasteiger partial charge in [0.25, 0.3) is 0 Å². The van der Waals surface area contributed by atoms with Crippen LogP contribution in [0, 0.1) is 0 Å². The summed E-state index contributed by atoms with van der Waals surface area (Å²) in [5.74, 6) is -6.58. The van der Waals surface area contributed by atoms with Crippen LogP contribution in [-0.2, 0) is 9.53 Å². The summed E-state index contributed by atoms with van der Waals surface area (Å²) in [5.41, 5.74) is -2.69. The van der Waals surface area contributed by atoms with Crippen molar-refractivity contribution >= 4 is 5.97 Å². The van der Waals surface area contributed by atoms with Gasteiger partial charge in [0, 0.05) is 7.11 Å². The van der Waals surface area contributed by atoms with E-state index in [0.29, 0.717) is 6.92 Å². The molecule has 0 aliphatic heterocycles. The Hall–Kier alpha value is -0.750. The molecule has 0 saturated heterocycles. The van der Waals surface area contributed by atoms with Gasteiger partial charge in [-0.15, -0.1) is 0 Å². The normalized spacial score (nSPS) is 17.1. The van der Waals surface area contributed by atoms with Crippen molar-refractivity contribution in [3.63, 3.8) is 0 Å². The molecule has 12 heavy (non-hydrogen) atoms. The number of carboxylic acids is 1. The Morgan fingerprint density at radius 1 is 1.58 bits per heavy atom. The van der Waals surface area contributed by atoms with Crippen molar-refractivity contribution < 1.29 is 28.5 Å². The molecule has 0 bridgehead atoms. The zero-order valence-electron chi connectivity index (χ0n) is 6.67. The van der Waals surface area contributed by atoms with Crippen LogP contribution in [0.1, 0.15) is 6.92 Å². The lowest BCUT2D eigenvalue weighted by Gasteiger charge is -2.28. The Balaban J connectivity index is 4.62. The fraction of sp³-hybridized carbons (Fsp3) is 0.833. The highest BCUT2D eigenvalue weighted by atomic mass is 19.3. The van der Waals surface area contributed by atoms with Crippen LogP contribution in [0.15, 0.2) is 0 Å². The van der Waals surface area contributed by atoms with Crippen molar-refractivity contribution in [1.82, 2.24) is 0 Å². The van der Waals surface area contributed by atoms with Gasteiger partial charge in [0.2, 0.25) is 0 Å². The van der Waals surface area contributed by atoms with Crippen molar-refractivity contribution in [2.75, 3.05) is 13.7 Å². The predicted octanol–water partition coefficient (Wildman–Crippen LogP) is 0.104. The molecule has 0 radical (unpaired) electrons. The molecular formula is C6H10F2O4. The van der Waals surface area contributed by atoms with Crippen LogP contribution in [0.3, 0.4) is 0 Å². The number of aliphatic carboxylic acids is 1. The summed E-state index contributed by atoms with van der Waals surface area (Å²) in [5, 5.41) is 17.0. The van der Waals surface area contributed by atoms with E-state index in [0.717, 1.165) is 7.11 Å². The number of rotatable bonds is 4. The van der Waals surface area contributed by atoms with E-state index in [9.17, 15) is 13.6 Å². The lowest BCUT2D eigenvalue weighted by Crippen LogP contribution is -2.53. The van der Waals surface area contributed by atoms with Gasteiger partial charge in [0.15, 0.2) is 5.60 Å². The first kappa shape index (κ1) is 11.2. The van der Waals surface area contributed by atoms with Gasteiger partial charge in [-0.05, 0) is 6.92 Å². The van der Waals surface area contributed by atoms with Crippen LogP contribution < -0.4 is 0 Å². The highest BCUT2D eigenvalue weighted by Crippen LogP contribution is 2.28. The maximum Gasteiger partial charge on any atom is 0.377 e. The Kier molecular flexibility index (Phi) is 3.11. The molecule has 0 aromatic heterocycles. The second-order valence-electron chi connectivity index (χ2n) is 2.59. The molecule has 0 spiro atoms. The molecule has 0 saturated carbocycles. The maximum absolute atomic E-state index is 12.6. The first-order valence-electron chi connectivity index (χ1n) is 3.08. The quantitative estimate of drug-likeness (QED) is 0.650. The lowest BCUT2D eigenvalue weighted by molar-refractivity contribution is -0.213. The monoisotopic (exact) mass is 184 g/mol. The molecule has 0 aromatic rings. The number of methoxy groups -OCH3 is 1. The Labute approximate surface area is 67.8 Å². The van der Waals surface area contributed by atoms with E-state index >= 15 is 0 Å². The second-order valence-corrected chi connectivity index (χ2v) is 2.59. The van der Waals surface area contributed by atoms with E-state index in [1.165, 1.54) is 0 Å². The molecule has 2 N–H and O–H groups in total. The molecule has 0 aromatic carbocycles. The van der Waals surface area contributed by atoms with Gasteiger partial charge in [0.1, 0.15) is 0 Å². The topological polar surface area (TPSA) is 66.8 Å². The minimum atomic E-state index is -4.21. The number of hydrogen-bond acceptors (Lipinski definition) is 3. The Morgan fingerprint density at radius 2 is 2.00 bits per heavy atom. The highest BCUT2D eigenvalue weighted by Gasteiger charge is 2.56. The Bertz CT molecular complexity index is 178. The summed E-state index contributed by atoms with van der Waals surface area (Å²) in [6, 6.07) is 0. The fourth-order valence-electron chi connectivity index (χ4n) is 0.602. The van der Waals surface area contributed by atoms with E-state index in [-0.39, 0.29) is 0 Å². The minimum absolute atomic E-state index is 0.699. The molecule has 1 atom stereocenters. The van der Waals surface area contributed by atoms with Crippen LogP contribution in [0.25, 0.3) is 0 Å². The molecule has 1 unspecified atom stereocenters. The molecule has 0 amide bonds. The van der Waals surface area contributed by atoms with Crippen LogP contribution in [0.2, 0.25) is 0 Å². The van der Waals surface area contributed by atoms with Gasteiger partial charge >= 0.3 is 11.9 Å². The largest absolute Gasteiger partial charge is 0.477 e. The van der Waals surface area contributed by atoms with Crippen molar-refractivity contribution in [2.24, 2.45) is 0 Å². The predicted molar refractivity (Wildman–Crippen MR) is 35.1 cm³/mol. The number of halogens is 2. The number of aliphatic hydroxyl groups is 1. The second kappa shape index (κ2) is 3.32. The van der Waals surface area contributed by atoms with Gasteiger partial charge in [-0.2, -0.15) is 8.78 Å². The standard InChI is InChI=1S/C6H10F2O4/c1-5(11,3-12-2)6(7,8)4(9)10/h11H,3H2,1-2H3,(H,9,10). The Morgan fingerprint density at radius 3 is 2.25 bits per heavy atom. The molecule has 72 valence electrons. The summed E-state index contributed by atoms with van der Waals surface area (Å²) in [6.07, 6.45) is 0. The molecule has 6 heteroatoms. The van der Waals surface area contributed by atoms with E-state index < -0.39 is 24.1 Å². The molecule has 0 aliphatic carbocycles. The molecule has 4 nitrogen and oxygen atoms in total. The van der Waals surface area contributed by atoms with Crippen LogP contribution in [0.5, 0.6) is 0 Å². The molecule has 0 heterocycles. The van der Waals surface area contributed by atoms with Crippen LogP contribution in [-0.4, -0.2) is 41.4 Å². The van der Waals surface area contributed by atoms with Crippen molar-refractivity contribution in [3.8, 4) is 0 Å². The number of alkyl halides is 2. The van der Waals surface area contributed by atoms with Gasteiger partial charge < -0.3 is 14.9 Å². The molecule has 0 fully saturated rings. The lowest BCUT2D eigenvalue weighted by atomic mass is 9.99. The van der Waals surface area contributed by atoms with E-state index in [1.807, 2.05) is 0 Å². The van der Waals surface area contributed by atoms with Crippen molar-refractivity contribution in [2.45, 2.75) is 18.4 Å². The smallest absolute Gasteiger partial charge is 0.377 e. The zero-order valence-corrected chi connectivity index (χ0v) is 6.67. The zero-order chi connectivity index (χ0) is 9.99. The summed E-state index contributed by atoms with van der Waals surface area (Å²) in [6.45, 7) is -0.0447. The SMILES string of the molecule is COCC(C)(O)C(F)(F)C(=O)O. The molecule has 0 rings (SSSR count). The van der Waals surface area contributed by atoms with Gasteiger partial charge in [-0.3, -0.25) is 0 Å². The summed E-state index contributed by atoms with van der Waals surface area (Å²) < 4.78 is 29.4. The summed E-state index contributed by atoms with van der Waals surface area (Å²) in [7, 11) is 1.09. The number of carboxylic acid groups (broad SMARTS) is 1. The molecule has 0 aliphatic rings. The van der Waals surface area contributed by atoms with Gasteiger partial charge in [-0.1, -0.05) is 0 Å². The first-order valence-corrected chi connectivity index (χ1v) is 3.08. The summed E-state index contributed by atoms with van der Waals surface area (Å²) in [4.78, 5) is 9.98. The minimum Gasteiger partial charge on any atom is -0.477 e. The van der Waals surface area contributed by atoms with Crippen molar-refractivity contribution in [1.29, 1.82) is 0 Å². The average Bonchev–Trinajstić information content (AvgIpc) is 1.86. The third-order valence-electron chi connectivity index (χ3n) is 1.37. The van der Waals surface area contributed by atoms with E-state index in [2.05, 4.69) is 4.74 Å². The number of ether oxygens (including phenoxy) is 1. The van der Waals surface area contributed by atoms with E-state index in [1.54, 1.807) is 0 Å². The maximum atomic E-state index is 12.6. The van der Waals surface area contributed by atoms with Crippen molar-refractivity contribution in [3.05, 3.63) is 0 Å². The first-order chi connectivity index (χ1) is 5.25. The average molecular weight is 184 g/mol. The third-order valence-corrected chi connectivity index (χ3v) is 1.37. The van der Waals surface area contributed by atoms with Gasteiger partial charge in [0.05, 0.1) is 6.61 Å². The third kappa shape index (κ3) is 1.89. The van der Waals surface area contributed by atoms with Crippen LogP contribution >= 0.6 is 0 Å². The number of hydrogen-bond donors (Lipinski definition) is 2. The van der Waals surface area contributed by atoms with Crippen LogP contribution in [0.4, 0.5) is 8.78 Å². The van der Waals surface area contributed by atoms with Gasteiger partial charge in [-0.25, -0.2) is 4.79 Å². The van der Waals surface area contributed by atoms with E-state index in [4.69, 9.17) is 10.2 Å². The fourth-order valence-corrected chi connectivity index (χ4v) is 0.602. The summed E-state index contributed by atoms with van der Waals surface area (Å²) >= 11 is 0.